The second kappa shape index (κ2) is 6.68. The predicted octanol–water partition coefficient (Wildman–Crippen LogP) is 3.93. The van der Waals surface area contributed by atoms with Gasteiger partial charge < -0.3 is 5.32 Å². The first-order valence-electron chi connectivity index (χ1n) is 6.44. The summed E-state index contributed by atoms with van der Waals surface area (Å²) in [6, 6.07) is 6.22. The number of benzene rings is 1. The van der Waals surface area contributed by atoms with E-state index >= 15 is 0 Å². The molecule has 1 aromatic rings. The first kappa shape index (κ1) is 17.4. The van der Waals surface area contributed by atoms with Crippen molar-refractivity contribution < 1.29 is 13.2 Å². The summed E-state index contributed by atoms with van der Waals surface area (Å²) >= 11 is 9.04. The first-order valence-corrected chi connectivity index (χ1v) is 10.3. The number of sulfone groups is 1. The lowest BCUT2D eigenvalue weighted by Crippen LogP contribution is -2.32. The molecule has 0 bridgehead atoms. The van der Waals surface area contributed by atoms with Gasteiger partial charge in [-0.15, -0.1) is 0 Å². The summed E-state index contributed by atoms with van der Waals surface area (Å²) in [5, 5.41) is 2.94. The highest BCUT2D eigenvalue weighted by Crippen LogP contribution is 2.43. The van der Waals surface area contributed by atoms with Gasteiger partial charge in [0.25, 0.3) is 5.91 Å². The second-order valence-electron chi connectivity index (χ2n) is 4.93. The Balaban J connectivity index is 2.23. The Morgan fingerprint density at radius 2 is 1.81 bits per heavy atom. The van der Waals surface area contributed by atoms with E-state index in [0.717, 1.165) is 25.7 Å². The Hall–Kier alpha value is 0.0800. The van der Waals surface area contributed by atoms with Crippen molar-refractivity contribution in [2.75, 3.05) is 0 Å². The molecular weight excluding hydrogens is 490 g/mol. The third kappa shape index (κ3) is 4.09. The Morgan fingerprint density at radius 1 is 1.19 bits per heavy atom. The molecule has 0 heterocycles. The number of carbonyl (C=O) groups excluding carboxylic acids is 1. The molecule has 21 heavy (non-hydrogen) atoms. The third-order valence-electron chi connectivity index (χ3n) is 3.40. The van der Waals surface area contributed by atoms with Crippen LogP contribution in [-0.2, 0) is 9.84 Å². The van der Waals surface area contributed by atoms with Gasteiger partial charge in [-0.3, -0.25) is 4.79 Å². The van der Waals surface area contributed by atoms with Crippen LogP contribution in [0.25, 0.3) is 0 Å². The van der Waals surface area contributed by atoms with Crippen molar-refractivity contribution in [3.05, 3.63) is 29.8 Å². The highest BCUT2D eigenvalue weighted by molar-refractivity contribution is 9.42. The van der Waals surface area contributed by atoms with Gasteiger partial charge in [-0.05, 0) is 78.8 Å². The van der Waals surface area contributed by atoms with Crippen LogP contribution in [0.1, 0.15) is 36.0 Å². The molecule has 1 fully saturated rings. The number of nitrogens with one attached hydrogen (secondary N) is 1. The Morgan fingerprint density at radius 3 is 2.38 bits per heavy atom. The number of halogens is 3. The standard InChI is InChI=1S/C13H14Br3NO3S/c14-13(15,16)21(19,20)11-7-3-4-9(8-11)12(18)17-10-5-1-2-6-10/h3-4,7-8,10H,1-2,5-6H2,(H,17,18). The van der Waals surface area contributed by atoms with E-state index in [0.29, 0.717) is 5.56 Å². The largest absolute Gasteiger partial charge is 0.349 e. The highest BCUT2D eigenvalue weighted by Gasteiger charge is 2.37. The SMILES string of the molecule is O=C(NC1CCCC1)c1cccc(S(=O)(=O)C(Br)(Br)Br)c1. The Bertz CT molecular complexity index is 634. The molecule has 0 spiro atoms. The van der Waals surface area contributed by atoms with Crippen LogP contribution in [0.2, 0.25) is 0 Å². The average Bonchev–Trinajstić information content (AvgIpc) is 2.90. The lowest BCUT2D eigenvalue weighted by Gasteiger charge is -2.15. The minimum Gasteiger partial charge on any atom is -0.349 e. The van der Waals surface area contributed by atoms with E-state index in [-0.39, 0.29) is 16.8 Å². The van der Waals surface area contributed by atoms with E-state index in [1.807, 2.05) is 0 Å². The molecule has 0 aliphatic heterocycles. The van der Waals surface area contributed by atoms with Crippen LogP contribution in [-0.4, -0.2) is 21.8 Å². The Kier molecular flexibility index (Phi) is 5.55. The van der Waals surface area contributed by atoms with E-state index in [9.17, 15) is 13.2 Å². The van der Waals surface area contributed by atoms with Gasteiger partial charge in [0.15, 0.2) is 0 Å². The van der Waals surface area contributed by atoms with Gasteiger partial charge in [0.1, 0.15) is 0 Å². The molecule has 1 aliphatic rings. The zero-order valence-corrected chi connectivity index (χ0v) is 16.6. The molecule has 1 aliphatic carbocycles. The smallest absolute Gasteiger partial charge is 0.251 e. The zero-order valence-electron chi connectivity index (χ0n) is 11.0. The van der Waals surface area contributed by atoms with Crippen LogP contribution in [0.3, 0.4) is 0 Å². The van der Waals surface area contributed by atoms with Crippen molar-refractivity contribution in [2.45, 2.75) is 38.1 Å². The molecule has 116 valence electrons. The maximum atomic E-state index is 12.3. The van der Waals surface area contributed by atoms with Crippen molar-refractivity contribution in [3.8, 4) is 0 Å². The number of amides is 1. The maximum absolute atomic E-state index is 12.3. The van der Waals surface area contributed by atoms with E-state index in [1.165, 1.54) is 12.1 Å². The molecule has 0 radical (unpaired) electrons. The summed E-state index contributed by atoms with van der Waals surface area (Å²) in [4.78, 5) is 12.3. The summed E-state index contributed by atoms with van der Waals surface area (Å²) in [7, 11) is -3.69. The molecule has 1 N–H and O–H groups in total. The molecular formula is C13H14Br3NO3S. The maximum Gasteiger partial charge on any atom is 0.251 e. The summed E-state index contributed by atoms with van der Waals surface area (Å²) in [6.45, 7) is 0. The van der Waals surface area contributed by atoms with E-state index in [4.69, 9.17) is 0 Å². The van der Waals surface area contributed by atoms with Crippen LogP contribution in [0.15, 0.2) is 29.2 Å². The van der Waals surface area contributed by atoms with E-state index < -0.39 is 11.3 Å². The fourth-order valence-corrected chi connectivity index (χ4v) is 4.77. The summed E-state index contributed by atoms with van der Waals surface area (Å²) in [6.07, 6.45) is 4.21. The highest BCUT2D eigenvalue weighted by atomic mass is 80.0. The Labute approximate surface area is 149 Å². The molecule has 1 aromatic carbocycles. The fraction of sp³-hybridized carbons (Fsp3) is 0.462. The topological polar surface area (TPSA) is 63.2 Å². The fourth-order valence-electron chi connectivity index (χ4n) is 2.28. The van der Waals surface area contributed by atoms with Crippen LogP contribution in [0.5, 0.6) is 0 Å². The molecule has 0 aromatic heterocycles. The predicted molar refractivity (Wildman–Crippen MR) is 92.9 cm³/mol. The van der Waals surface area contributed by atoms with Crippen LogP contribution < -0.4 is 5.32 Å². The van der Waals surface area contributed by atoms with Gasteiger partial charge in [-0.25, -0.2) is 8.42 Å². The van der Waals surface area contributed by atoms with Crippen LogP contribution in [0, 0.1) is 0 Å². The van der Waals surface area contributed by atoms with Crippen LogP contribution >= 0.6 is 47.8 Å². The quantitative estimate of drug-likeness (QED) is 0.636. The van der Waals surface area contributed by atoms with Gasteiger partial charge in [0.2, 0.25) is 11.3 Å². The van der Waals surface area contributed by atoms with Crippen molar-refractivity contribution in [1.82, 2.24) is 5.32 Å². The zero-order chi connectivity index (χ0) is 15.7. The number of rotatable bonds is 3. The lowest BCUT2D eigenvalue weighted by molar-refractivity contribution is 0.0937. The molecule has 4 nitrogen and oxygen atoms in total. The minimum absolute atomic E-state index is 0.0622. The number of alkyl halides is 3. The monoisotopic (exact) mass is 501 g/mol. The van der Waals surface area contributed by atoms with Crippen molar-refractivity contribution in [1.29, 1.82) is 0 Å². The van der Waals surface area contributed by atoms with Crippen molar-refractivity contribution in [3.63, 3.8) is 0 Å². The molecule has 0 unspecified atom stereocenters. The second-order valence-corrected chi connectivity index (χ2v) is 15.4. The molecule has 0 saturated heterocycles. The average molecular weight is 504 g/mol. The summed E-state index contributed by atoms with van der Waals surface area (Å²) in [5.41, 5.74) is 0.347. The molecule has 1 saturated carbocycles. The van der Waals surface area contributed by atoms with Gasteiger partial charge in [-0.1, -0.05) is 18.9 Å². The normalized spacial score (nSPS) is 16.9. The van der Waals surface area contributed by atoms with E-state index in [2.05, 4.69) is 53.1 Å². The van der Waals surface area contributed by atoms with Gasteiger partial charge in [-0.2, -0.15) is 0 Å². The lowest BCUT2D eigenvalue weighted by atomic mass is 10.2. The van der Waals surface area contributed by atoms with Crippen molar-refractivity contribution >= 4 is 63.5 Å². The van der Waals surface area contributed by atoms with Crippen LogP contribution in [0.4, 0.5) is 0 Å². The van der Waals surface area contributed by atoms with Gasteiger partial charge >= 0.3 is 0 Å². The minimum atomic E-state index is -3.69. The van der Waals surface area contributed by atoms with Gasteiger partial charge in [0.05, 0.1) is 4.90 Å². The van der Waals surface area contributed by atoms with Crippen molar-refractivity contribution in [2.24, 2.45) is 0 Å². The molecule has 1 amide bonds. The summed E-state index contributed by atoms with van der Waals surface area (Å²) < 4.78 is 23.2. The molecule has 8 heteroatoms. The van der Waals surface area contributed by atoms with E-state index in [1.54, 1.807) is 12.1 Å². The van der Waals surface area contributed by atoms with Gasteiger partial charge in [0, 0.05) is 11.6 Å². The summed E-state index contributed by atoms with van der Waals surface area (Å²) in [5.74, 6) is -0.233. The molecule has 0 atom stereocenters. The molecule has 2 rings (SSSR count). The third-order valence-corrected chi connectivity index (χ3v) is 8.72. The first-order chi connectivity index (χ1) is 9.72. The number of hydrogen-bond acceptors (Lipinski definition) is 3. The number of carbonyl (C=O) groups is 1. The number of hydrogen-bond donors (Lipinski definition) is 1.